The molecular formula is C24H30N4O3. The first-order valence-electron chi connectivity index (χ1n) is 11.0. The molecular weight excluding hydrogens is 392 g/mol. The van der Waals surface area contributed by atoms with Crippen LogP contribution in [0.5, 0.6) is 0 Å². The fourth-order valence-corrected chi connectivity index (χ4v) is 4.17. The Bertz CT molecular complexity index is 1010. The lowest BCUT2D eigenvalue weighted by atomic mass is 10.1. The van der Waals surface area contributed by atoms with Crippen LogP contribution in [-0.4, -0.2) is 72.2 Å². The molecule has 0 radical (unpaired) electrons. The summed E-state index contributed by atoms with van der Waals surface area (Å²) in [6, 6.07) is 9.98. The molecule has 0 saturated carbocycles. The van der Waals surface area contributed by atoms with E-state index in [1.54, 1.807) is 4.68 Å². The Balaban J connectivity index is 1.28. The third-order valence-corrected chi connectivity index (χ3v) is 5.84. The molecule has 7 heteroatoms. The number of para-hydroxylation sites is 1. The highest BCUT2D eigenvalue weighted by Crippen LogP contribution is 2.16. The van der Waals surface area contributed by atoms with Gasteiger partial charge in [-0.3, -0.25) is 24.7 Å². The number of esters is 1. The van der Waals surface area contributed by atoms with Gasteiger partial charge in [0.15, 0.2) is 0 Å². The van der Waals surface area contributed by atoms with E-state index < -0.39 is 0 Å². The molecule has 31 heavy (non-hydrogen) atoms. The van der Waals surface area contributed by atoms with Crippen LogP contribution in [0.3, 0.4) is 0 Å². The highest BCUT2D eigenvalue weighted by molar-refractivity contribution is 6.00. The van der Waals surface area contributed by atoms with Crippen LogP contribution in [0.1, 0.15) is 19.8 Å². The zero-order chi connectivity index (χ0) is 21.6. The summed E-state index contributed by atoms with van der Waals surface area (Å²) in [5.41, 5.74) is 5.55. The lowest BCUT2D eigenvalue weighted by molar-refractivity contribution is -0.139. The van der Waals surface area contributed by atoms with Gasteiger partial charge in [-0.15, -0.1) is 0 Å². The molecule has 164 valence electrons. The van der Waals surface area contributed by atoms with Gasteiger partial charge in [-0.2, -0.15) is 0 Å². The number of fused-ring (bicyclic) bond motifs is 1. The Morgan fingerprint density at radius 1 is 0.968 bits per heavy atom. The molecule has 7 nitrogen and oxygen atoms in total. The van der Waals surface area contributed by atoms with Gasteiger partial charge in [0.25, 0.3) is 5.91 Å². The van der Waals surface area contributed by atoms with E-state index in [0.29, 0.717) is 19.7 Å². The van der Waals surface area contributed by atoms with Gasteiger partial charge < -0.3 is 4.74 Å². The van der Waals surface area contributed by atoms with Crippen LogP contribution in [0, 0.1) is 0 Å². The lowest BCUT2D eigenvalue weighted by Crippen LogP contribution is -2.42. The molecule has 1 aromatic heterocycles. The monoisotopic (exact) mass is 422 g/mol. The predicted molar refractivity (Wildman–Crippen MR) is 121 cm³/mol. The molecule has 2 aliphatic heterocycles. The minimum Gasteiger partial charge on any atom is -0.463 e. The Hall–Kier alpha value is -2.90. The first kappa shape index (κ1) is 21.3. The van der Waals surface area contributed by atoms with Crippen molar-refractivity contribution in [3.63, 3.8) is 0 Å². The Morgan fingerprint density at radius 3 is 2.39 bits per heavy atom. The lowest BCUT2D eigenvalue weighted by Gasteiger charge is -2.31. The fraction of sp³-hybridized carbons (Fsp3) is 0.417. The number of carbonyl (C=O) groups excluding carboxylic acids is 2. The van der Waals surface area contributed by atoms with Crippen molar-refractivity contribution in [2.24, 2.45) is 0 Å². The van der Waals surface area contributed by atoms with Gasteiger partial charge in [0.1, 0.15) is 0 Å². The van der Waals surface area contributed by atoms with Gasteiger partial charge in [0, 0.05) is 62.0 Å². The number of ether oxygens (including phenoxy) is 1. The number of hydrogen-bond donors (Lipinski definition) is 1. The van der Waals surface area contributed by atoms with E-state index >= 15 is 0 Å². The summed E-state index contributed by atoms with van der Waals surface area (Å²) in [6.45, 7) is 7.13. The smallest absolute Gasteiger partial charge is 0.334 e. The zero-order valence-electron chi connectivity index (χ0n) is 18.0. The van der Waals surface area contributed by atoms with E-state index in [4.69, 9.17) is 4.74 Å². The molecule has 0 bridgehead atoms. The number of nitrogens with one attached hydrogen (secondary N) is 1. The van der Waals surface area contributed by atoms with Gasteiger partial charge >= 0.3 is 5.97 Å². The van der Waals surface area contributed by atoms with Crippen molar-refractivity contribution in [1.82, 2.24) is 14.5 Å². The van der Waals surface area contributed by atoms with Crippen molar-refractivity contribution in [2.75, 3.05) is 51.3 Å². The molecule has 0 saturated heterocycles. The highest BCUT2D eigenvalue weighted by atomic mass is 16.5. The minimum atomic E-state index is -0.204. The zero-order valence-corrected chi connectivity index (χ0v) is 18.0. The van der Waals surface area contributed by atoms with Crippen molar-refractivity contribution >= 4 is 22.8 Å². The molecule has 0 spiro atoms. The summed E-state index contributed by atoms with van der Waals surface area (Å²) in [7, 11) is 0. The molecule has 0 aliphatic carbocycles. The second-order valence-electron chi connectivity index (χ2n) is 7.99. The van der Waals surface area contributed by atoms with Crippen LogP contribution in [0.25, 0.3) is 10.9 Å². The second kappa shape index (κ2) is 9.94. The summed E-state index contributed by atoms with van der Waals surface area (Å²) in [4.78, 5) is 29.4. The van der Waals surface area contributed by atoms with Gasteiger partial charge in [0.2, 0.25) is 0 Å². The molecule has 1 N–H and O–H groups in total. The quantitative estimate of drug-likeness (QED) is 0.695. The largest absolute Gasteiger partial charge is 0.463 e. The Morgan fingerprint density at radius 2 is 1.65 bits per heavy atom. The van der Waals surface area contributed by atoms with Gasteiger partial charge in [-0.1, -0.05) is 30.4 Å². The third-order valence-electron chi connectivity index (χ3n) is 5.84. The first-order chi connectivity index (χ1) is 15.1. The molecule has 1 aromatic carbocycles. The van der Waals surface area contributed by atoms with Crippen LogP contribution in [0.2, 0.25) is 0 Å². The number of nitrogens with zero attached hydrogens (tertiary/aromatic N) is 3. The molecule has 3 heterocycles. The number of amides is 1. The average molecular weight is 423 g/mol. The molecule has 1 amide bonds. The maximum atomic E-state index is 12.8. The van der Waals surface area contributed by atoms with E-state index in [2.05, 4.69) is 15.2 Å². The van der Waals surface area contributed by atoms with Gasteiger partial charge in [-0.25, -0.2) is 4.79 Å². The van der Waals surface area contributed by atoms with Crippen molar-refractivity contribution in [3.05, 3.63) is 59.8 Å². The SMILES string of the molecule is CCOC(=O)C1=CCCN(CCN2CCC=C(C(=O)Nn3ccc4ccccc43)C2)C1. The number of carbonyl (C=O) groups is 2. The molecule has 2 aliphatic rings. The van der Waals surface area contributed by atoms with Crippen molar-refractivity contribution in [3.8, 4) is 0 Å². The summed E-state index contributed by atoms with van der Waals surface area (Å²) in [5.74, 6) is -0.263. The number of aromatic nitrogens is 1. The highest BCUT2D eigenvalue weighted by Gasteiger charge is 2.22. The summed E-state index contributed by atoms with van der Waals surface area (Å²) in [5, 5.41) is 1.10. The third kappa shape index (κ3) is 5.24. The van der Waals surface area contributed by atoms with E-state index in [1.165, 1.54) is 0 Å². The van der Waals surface area contributed by atoms with E-state index in [9.17, 15) is 9.59 Å². The molecule has 0 fully saturated rings. The summed E-state index contributed by atoms with van der Waals surface area (Å²) in [6.07, 6.45) is 7.65. The fourth-order valence-electron chi connectivity index (χ4n) is 4.17. The normalized spacial score (nSPS) is 17.8. The van der Waals surface area contributed by atoms with E-state index in [0.717, 1.165) is 61.1 Å². The topological polar surface area (TPSA) is 66.8 Å². The number of hydrogen-bond acceptors (Lipinski definition) is 5. The van der Waals surface area contributed by atoms with Gasteiger partial charge in [0.05, 0.1) is 12.1 Å². The average Bonchev–Trinajstić information content (AvgIpc) is 3.21. The van der Waals surface area contributed by atoms with Crippen LogP contribution in [-0.2, 0) is 14.3 Å². The minimum absolute atomic E-state index is 0.0587. The van der Waals surface area contributed by atoms with Crippen molar-refractivity contribution < 1.29 is 14.3 Å². The van der Waals surface area contributed by atoms with Gasteiger partial charge in [-0.05, 0) is 31.9 Å². The number of benzene rings is 1. The van der Waals surface area contributed by atoms with E-state index in [-0.39, 0.29) is 11.9 Å². The van der Waals surface area contributed by atoms with E-state index in [1.807, 2.05) is 55.6 Å². The first-order valence-corrected chi connectivity index (χ1v) is 11.0. The standard InChI is InChI=1S/C24H30N4O3/c1-2-31-24(30)21-9-6-13-27(18-21)16-15-26-12-5-8-20(17-26)23(29)25-28-14-11-19-7-3-4-10-22(19)28/h3-4,7-11,14H,2,5-6,12-13,15-18H2,1H3,(H,25,29). The predicted octanol–water partition coefficient (Wildman–Crippen LogP) is 2.54. The van der Waals surface area contributed by atoms with Crippen LogP contribution in [0.4, 0.5) is 0 Å². The van der Waals surface area contributed by atoms with Crippen molar-refractivity contribution in [1.29, 1.82) is 0 Å². The molecule has 0 unspecified atom stereocenters. The second-order valence-corrected chi connectivity index (χ2v) is 7.99. The maximum Gasteiger partial charge on any atom is 0.334 e. The van der Waals surface area contributed by atoms with Crippen LogP contribution >= 0.6 is 0 Å². The number of rotatable bonds is 7. The summed E-state index contributed by atoms with van der Waals surface area (Å²) >= 11 is 0. The molecule has 2 aromatic rings. The Labute approximate surface area is 182 Å². The Kier molecular flexibility index (Phi) is 6.84. The molecule has 0 atom stereocenters. The summed E-state index contributed by atoms with van der Waals surface area (Å²) < 4.78 is 6.92. The molecule has 4 rings (SSSR count). The van der Waals surface area contributed by atoms with Crippen LogP contribution < -0.4 is 5.43 Å². The van der Waals surface area contributed by atoms with Crippen molar-refractivity contribution in [2.45, 2.75) is 19.8 Å². The maximum absolute atomic E-state index is 12.8. The van der Waals surface area contributed by atoms with Crippen LogP contribution in [0.15, 0.2) is 59.8 Å².